The van der Waals surface area contributed by atoms with Crippen LogP contribution in [0, 0.1) is 0 Å². The topological polar surface area (TPSA) is 60.2 Å². The number of fused-ring (bicyclic) bond motifs is 2. The van der Waals surface area contributed by atoms with Gasteiger partial charge in [0, 0.05) is 35.3 Å². The van der Waals surface area contributed by atoms with E-state index in [1.54, 1.807) is 0 Å². The zero-order chi connectivity index (χ0) is 14.2. The molecular formula is C17H19N3O. The third-order valence-electron chi connectivity index (χ3n) is 4.80. The molecule has 1 aliphatic carbocycles. The minimum atomic E-state index is 0.157. The summed E-state index contributed by atoms with van der Waals surface area (Å²) in [5, 5.41) is 0. The van der Waals surface area contributed by atoms with Crippen LogP contribution in [0.4, 0.5) is 0 Å². The third-order valence-corrected chi connectivity index (χ3v) is 4.80. The minimum Gasteiger partial charge on any atom is -0.493 e. The van der Waals surface area contributed by atoms with Crippen LogP contribution in [-0.4, -0.2) is 17.6 Å². The zero-order valence-electron chi connectivity index (χ0n) is 11.8. The number of para-hydroxylation sites is 1. The number of rotatable bonds is 3. The summed E-state index contributed by atoms with van der Waals surface area (Å²) >= 11 is 0. The number of nitrogens with two attached hydrogens (primary N) is 1. The Kier molecular flexibility index (Phi) is 3.13. The number of pyridine rings is 1. The van der Waals surface area contributed by atoms with Crippen molar-refractivity contribution in [3.63, 3.8) is 0 Å². The molecule has 0 spiro atoms. The van der Waals surface area contributed by atoms with Gasteiger partial charge in [0.15, 0.2) is 0 Å². The molecule has 1 aliphatic heterocycles. The molecule has 3 N–H and O–H groups in total. The SMILES string of the molecule is NNC(C1COc2ccccc21)C1CCc2cccnc21. The Morgan fingerprint density at radius 1 is 1.19 bits per heavy atom. The number of hydrazine groups is 1. The number of nitrogens with zero attached hydrogens (tertiary/aromatic N) is 1. The smallest absolute Gasteiger partial charge is 0.122 e. The van der Waals surface area contributed by atoms with E-state index < -0.39 is 0 Å². The van der Waals surface area contributed by atoms with Crippen LogP contribution in [0.5, 0.6) is 5.75 Å². The van der Waals surface area contributed by atoms with Crippen LogP contribution in [-0.2, 0) is 6.42 Å². The van der Waals surface area contributed by atoms with Crippen LogP contribution in [0.3, 0.4) is 0 Å². The monoisotopic (exact) mass is 281 g/mol. The highest BCUT2D eigenvalue weighted by atomic mass is 16.5. The van der Waals surface area contributed by atoms with Crippen molar-refractivity contribution < 1.29 is 4.74 Å². The van der Waals surface area contributed by atoms with Gasteiger partial charge in [0.05, 0.1) is 6.61 Å². The van der Waals surface area contributed by atoms with Crippen LogP contribution >= 0.6 is 0 Å². The maximum atomic E-state index is 5.91. The molecule has 4 rings (SSSR count). The van der Waals surface area contributed by atoms with Gasteiger partial charge in [-0.2, -0.15) is 0 Å². The highest BCUT2D eigenvalue weighted by Crippen LogP contribution is 2.43. The summed E-state index contributed by atoms with van der Waals surface area (Å²) < 4.78 is 5.83. The Labute approximate surface area is 124 Å². The molecule has 2 heterocycles. The second-order valence-corrected chi connectivity index (χ2v) is 5.84. The van der Waals surface area contributed by atoms with Crippen molar-refractivity contribution in [2.45, 2.75) is 30.7 Å². The third kappa shape index (κ3) is 2.03. The standard InChI is InChI=1S/C17H19N3O/c18-20-17(13-8-7-11-4-3-9-19-16(11)13)14-10-21-15-6-2-1-5-12(14)15/h1-6,9,13-14,17,20H,7-8,10,18H2. The van der Waals surface area contributed by atoms with Gasteiger partial charge < -0.3 is 4.74 Å². The molecule has 0 fully saturated rings. The van der Waals surface area contributed by atoms with Crippen LogP contribution in [0.25, 0.3) is 0 Å². The maximum Gasteiger partial charge on any atom is 0.122 e. The lowest BCUT2D eigenvalue weighted by Crippen LogP contribution is -2.44. The largest absolute Gasteiger partial charge is 0.493 e. The van der Waals surface area contributed by atoms with Crippen molar-refractivity contribution in [1.29, 1.82) is 0 Å². The highest BCUT2D eigenvalue weighted by Gasteiger charge is 2.39. The zero-order valence-corrected chi connectivity index (χ0v) is 11.8. The number of nitrogens with one attached hydrogen (secondary N) is 1. The van der Waals surface area contributed by atoms with Crippen LogP contribution in [0.2, 0.25) is 0 Å². The fourth-order valence-electron chi connectivity index (χ4n) is 3.79. The van der Waals surface area contributed by atoms with E-state index in [2.05, 4.69) is 28.6 Å². The predicted molar refractivity (Wildman–Crippen MR) is 81.1 cm³/mol. The molecule has 0 saturated carbocycles. The number of hydrogen-bond acceptors (Lipinski definition) is 4. The van der Waals surface area contributed by atoms with Gasteiger partial charge in [0.25, 0.3) is 0 Å². The number of ether oxygens (including phenoxy) is 1. The molecular weight excluding hydrogens is 262 g/mol. The lowest BCUT2D eigenvalue weighted by Gasteiger charge is -2.28. The number of aromatic nitrogens is 1. The predicted octanol–water partition coefficient (Wildman–Crippen LogP) is 2.12. The van der Waals surface area contributed by atoms with Gasteiger partial charge in [0.2, 0.25) is 0 Å². The first-order chi connectivity index (χ1) is 10.4. The minimum absolute atomic E-state index is 0.157. The number of hydrogen-bond donors (Lipinski definition) is 2. The average molecular weight is 281 g/mol. The Balaban J connectivity index is 1.68. The van der Waals surface area contributed by atoms with Gasteiger partial charge in [0.1, 0.15) is 5.75 Å². The molecule has 0 amide bonds. The lowest BCUT2D eigenvalue weighted by molar-refractivity contribution is 0.278. The molecule has 4 nitrogen and oxygen atoms in total. The van der Waals surface area contributed by atoms with Crippen LogP contribution in [0.1, 0.15) is 35.1 Å². The summed E-state index contributed by atoms with van der Waals surface area (Å²) in [7, 11) is 0. The van der Waals surface area contributed by atoms with Crippen molar-refractivity contribution in [1.82, 2.24) is 10.4 Å². The summed E-state index contributed by atoms with van der Waals surface area (Å²) in [6.45, 7) is 0.687. The normalized spacial score (nSPS) is 24.2. The molecule has 0 saturated heterocycles. The fourth-order valence-corrected chi connectivity index (χ4v) is 3.79. The highest BCUT2D eigenvalue weighted by molar-refractivity contribution is 5.42. The molecule has 21 heavy (non-hydrogen) atoms. The van der Waals surface area contributed by atoms with Gasteiger partial charge in [-0.25, -0.2) is 0 Å². The average Bonchev–Trinajstić information content (AvgIpc) is 3.14. The van der Waals surface area contributed by atoms with Crippen molar-refractivity contribution in [2.24, 2.45) is 5.84 Å². The van der Waals surface area contributed by atoms with E-state index in [4.69, 9.17) is 10.6 Å². The Morgan fingerprint density at radius 3 is 3.00 bits per heavy atom. The summed E-state index contributed by atoms with van der Waals surface area (Å²) in [6.07, 6.45) is 4.06. The Hall–Kier alpha value is -1.91. The van der Waals surface area contributed by atoms with Gasteiger partial charge in [-0.3, -0.25) is 16.3 Å². The molecule has 1 aromatic carbocycles. The van der Waals surface area contributed by atoms with Crippen LogP contribution < -0.4 is 16.0 Å². The Morgan fingerprint density at radius 2 is 2.10 bits per heavy atom. The van der Waals surface area contributed by atoms with Crippen molar-refractivity contribution in [3.8, 4) is 5.75 Å². The first-order valence-electron chi connectivity index (χ1n) is 7.50. The van der Waals surface area contributed by atoms with E-state index in [-0.39, 0.29) is 12.0 Å². The molecule has 0 bridgehead atoms. The number of aryl methyl sites for hydroxylation is 1. The summed E-state index contributed by atoms with van der Waals surface area (Å²) in [6, 6.07) is 12.6. The summed E-state index contributed by atoms with van der Waals surface area (Å²) in [5.74, 6) is 7.54. The summed E-state index contributed by atoms with van der Waals surface area (Å²) in [5.41, 5.74) is 6.86. The van der Waals surface area contributed by atoms with Gasteiger partial charge in [-0.15, -0.1) is 0 Å². The van der Waals surface area contributed by atoms with Gasteiger partial charge >= 0.3 is 0 Å². The molecule has 0 radical (unpaired) electrons. The lowest BCUT2D eigenvalue weighted by atomic mass is 9.83. The molecule has 108 valence electrons. The molecule has 3 unspecified atom stereocenters. The Bertz CT molecular complexity index is 602. The number of benzene rings is 1. The van der Waals surface area contributed by atoms with E-state index in [1.807, 2.05) is 24.4 Å². The first-order valence-corrected chi connectivity index (χ1v) is 7.50. The van der Waals surface area contributed by atoms with Crippen molar-refractivity contribution in [3.05, 3.63) is 59.4 Å². The molecule has 2 aromatic rings. The van der Waals surface area contributed by atoms with Gasteiger partial charge in [-0.05, 0) is 30.5 Å². The maximum absolute atomic E-state index is 5.91. The van der Waals surface area contributed by atoms with Gasteiger partial charge in [-0.1, -0.05) is 24.3 Å². The van der Waals surface area contributed by atoms with E-state index >= 15 is 0 Å². The first kappa shape index (κ1) is 12.8. The van der Waals surface area contributed by atoms with E-state index in [9.17, 15) is 0 Å². The van der Waals surface area contributed by atoms with E-state index in [0.29, 0.717) is 12.5 Å². The van der Waals surface area contributed by atoms with E-state index in [0.717, 1.165) is 18.6 Å². The molecule has 4 heteroatoms. The quantitative estimate of drug-likeness (QED) is 0.668. The van der Waals surface area contributed by atoms with Crippen molar-refractivity contribution in [2.75, 3.05) is 6.61 Å². The summed E-state index contributed by atoms with van der Waals surface area (Å²) in [4.78, 5) is 4.60. The fraction of sp³-hybridized carbons (Fsp3) is 0.353. The second kappa shape index (κ2) is 5.13. The van der Waals surface area contributed by atoms with Crippen molar-refractivity contribution >= 4 is 0 Å². The second-order valence-electron chi connectivity index (χ2n) is 5.84. The van der Waals surface area contributed by atoms with Crippen LogP contribution in [0.15, 0.2) is 42.6 Å². The van der Waals surface area contributed by atoms with E-state index in [1.165, 1.54) is 16.8 Å². The molecule has 1 aromatic heterocycles. The molecule has 2 aliphatic rings. The molecule has 3 atom stereocenters.